The molecule has 42 heavy (non-hydrogen) atoms. The van der Waals surface area contributed by atoms with Crippen molar-refractivity contribution in [3.8, 4) is 28.6 Å². The van der Waals surface area contributed by atoms with Crippen LogP contribution in [0.1, 0.15) is 12.8 Å². The molecular weight excluding hydrogens is 580 g/mol. The molecule has 0 spiro atoms. The Morgan fingerprint density at radius 2 is 1.86 bits per heavy atom. The number of anilines is 2. The van der Waals surface area contributed by atoms with Crippen LogP contribution in [0.5, 0.6) is 17.4 Å². The summed E-state index contributed by atoms with van der Waals surface area (Å²) in [5, 5.41) is 6.57. The Balaban J connectivity index is 1.36. The van der Waals surface area contributed by atoms with E-state index in [-0.39, 0.29) is 11.9 Å². The molecule has 0 radical (unpaired) electrons. The Kier molecular flexibility index (Phi) is 8.68. The topological polar surface area (TPSA) is 127 Å². The second kappa shape index (κ2) is 12.6. The SMILES string of the molecule is O=S(=O)(Nc1ccc(Oc2ncccc2-c2ccnc(N[C@H]3CCCNC3)n2)c(F)c1F)c1cccc(OC(F)F)c1. The molecule has 1 aliphatic heterocycles. The quantitative estimate of drug-likeness (QED) is 0.210. The molecule has 0 aliphatic carbocycles. The number of benzene rings is 2. The molecule has 2 aromatic heterocycles. The Bertz CT molecular complexity index is 1670. The van der Waals surface area contributed by atoms with Gasteiger partial charge in [-0.3, -0.25) is 4.72 Å². The van der Waals surface area contributed by atoms with Gasteiger partial charge in [-0.1, -0.05) is 6.07 Å². The van der Waals surface area contributed by atoms with Gasteiger partial charge in [0.2, 0.25) is 17.6 Å². The number of aromatic nitrogens is 3. The van der Waals surface area contributed by atoms with Crippen LogP contribution in [-0.2, 0) is 10.0 Å². The highest BCUT2D eigenvalue weighted by Crippen LogP contribution is 2.34. The second-order valence-electron chi connectivity index (χ2n) is 9.11. The van der Waals surface area contributed by atoms with E-state index in [2.05, 4.69) is 30.3 Å². The van der Waals surface area contributed by atoms with Crippen molar-refractivity contribution in [2.45, 2.75) is 30.4 Å². The van der Waals surface area contributed by atoms with E-state index < -0.39 is 50.4 Å². The monoisotopic (exact) mass is 604 g/mol. The summed E-state index contributed by atoms with van der Waals surface area (Å²) in [5.74, 6) is -3.73. The number of ether oxygens (including phenoxy) is 2. The van der Waals surface area contributed by atoms with Crippen LogP contribution in [0.25, 0.3) is 11.3 Å². The predicted octanol–water partition coefficient (Wildman–Crippen LogP) is 5.18. The molecule has 0 unspecified atom stereocenters. The maximum Gasteiger partial charge on any atom is 0.387 e. The highest BCUT2D eigenvalue weighted by atomic mass is 32.2. The van der Waals surface area contributed by atoms with E-state index in [1.807, 2.05) is 4.72 Å². The molecule has 2 aromatic carbocycles. The summed E-state index contributed by atoms with van der Waals surface area (Å²) in [7, 11) is -4.50. The third-order valence-corrected chi connectivity index (χ3v) is 7.53. The van der Waals surface area contributed by atoms with Crippen molar-refractivity contribution in [2.75, 3.05) is 23.1 Å². The zero-order valence-corrected chi connectivity index (χ0v) is 22.5. The molecule has 1 aliphatic rings. The molecule has 1 fully saturated rings. The van der Waals surface area contributed by atoms with Crippen LogP contribution in [0, 0.1) is 11.6 Å². The standard InChI is InChI=1S/C27H24F4N6O4S/c28-23-21(37-42(38,39)18-6-1-5-17(14-18)40-26(30)31)8-9-22(24(23)29)41-25-19(7-3-12-33-25)20-10-13-34-27(36-20)35-16-4-2-11-32-15-16/h1,3,5-10,12-14,16,26,32,37H,2,4,11,15H2,(H,34,35,36)/t16-/m0/s1. The first kappa shape index (κ1) is 29.0. The highest BCUT2D eigenvalue weighted by molar-refractivity contribution is 7.92. The predicted molar refractivity (Wildman–Crippen MR) is 145 cm³/mol. The zero-order chi connectivity index (χ0) is 29.7. The number of rotatable bonds is 10. The largest absolute Gasteiger partial charge is 0.435 e. The fourth-order valence-electron chi connectivity index (χ4n) is 4.22. The number of piperidine rings is 1. The molecular formula is C27H24F4N6O4S. The summed E-state index contributed by atoms with van der Waals surface area (Å²) in [6.07, 6.45) is 4.92. The van der Waals surface area contributed by atoms with E-state index in [0.717, 1.165) is 62.3 Å². The van der Waals surface area contributed by atoms with Gasteiger partial charge in [0.05, 0.1) is 21.8 Å². The number of nitrogens with one attached hydrogen (secondary N) is 3. The Morgan fingerprint density at radius 3 is 2.64 bits per heavy atom. The van der Waals surface area contributed by atoms with E-state index >= 15 is 8.78 Å². The van der Waals surface area contributed by atoms with Crippen LogP contribution in [0.4, 0.5) is 29.2 Å². The van der Waals surface area contributed by atoms with E-state index in [0.29, 0.717) is 17.2 Å². The first-order chi connectivity index (χ1) is 20.2. The number of nitrogens with zero attached hydrogens (tertiary/aromatic N) is 3. The lowest BCUT2D eigenvalue weighted by Crippen LogP contribution is -2.38. The molecule has 0 amide bonds. The smallest absolute Gasteiger partial charge is 0.387 e. The summed E-state index contributed by atoms with van der Waals surface area (Å²) in [6, 6.07) is 11.2. The number of hydrogen-bond donors (Lipinski definition) is 3. The van der Waals surface area contributed by atoms with E-state index in [9.17, 15) is 17.2 Å². The maximum atomic E-state index is 15.1. The third kappa shape index (κ3) is 6.86. The lowest BCUT2D eigenvalue weighted by atomic mass is 10.1. The van der Waals surface area contributed by atoms with Gasteiger partial charge >= 0.3 is 6.61 Å². The molecule has 15 heteroatoms. The summed E-state index contributed by atoms with van der Waals surface area (Å²) in [6.45, 7) is -1.46. The van der Waals surface area contributed by atoms with Crippen molar-refractivity contribution >= 4 is 21.7 Å². The zero-order valence-electron chi connectivity index (χ0n) is 21.7. The number of pyridine rings is 1. The van der Waals surface area contributed by atoms with Crippen molar-refractivity contribution in [1.29, 1.82) is 0 Å². The minimum atomic E-state index is -4.50. The van der Waals surface area contributed by atoms with Gasteiger partial charge in [0.1, 0.15) is 5.75 Å². The van der Waals surface area contributed by atoms with Gasteiger partial charge in [-0.15, -0.1) is 0 Å². The van der Waals surface area contributed by atoms with E-state index in [4.69, 9.17) is 4.74 Å². The molecule has 10 nitrogen and oxygen atoms in total. The van der Waals surface area contributed by atoms with Crippen molar-refractivity contribution < 1.29 is 35.5 Å². The Hall–Kier alpha value is -4.50. The van der Waals surface area contributed by atoms with Gasteiger partial charge < -0.3 is 20.1 Å². The summed E-state index contributed by atoms with van der Waals surface area (Å²) >= 11 is 0. The fourth-order valence-corrected chi connectivity index (χ4v) is 5.31. The average molecular weight is 605 g/mol. The Morgan fingerprint density at radius 1 is 1.00 bits per heavy atom. The van der Waals surface area contributed by atoms with Gasteiger partial charge in [-0.25, -0.2) is 27.8 Å². The van der Waals surface area contributed by atoms with Crippen molar-refractivity contribution in [3.63, 3.8) is 0 Å². The van der Waals surface area contributed by atoms with Crippen LogP contribution in [0.2, 0.25) is 0 Å². The second-order valence-corrected chi connectivity index (χ2v) is 10.8. The van der Waals surface area contributed by atoms with Gasteiger partial charge in [0.15, 0.2) is 11.6 Å². The summed E-state index contributed by atoms with van der Waals surface area (Å²) in [4.78, 5) is 12.4. The third-order valence-electron chi connectivity index (χ3n) is 6.17. The van der Waals surface area contributed by atoms with Gasteiger partial charge in [0, 0.05) is 31.0 Å². The molecule has 1 atom stereocenters. The number of halogens is 4. The molecule has 3 N–H and O–H groups in total. The Labute approximate surface area is 238 Å². The molecule has 1 saturated heterocycles. The average Bonchev–Trinajstić information content (AvgIpc) is 2.98. The lowest BCUT2D eigenvalue weighted by molar-refractivity contribution is -0.0499. The van der Waals surface area contributed by atoms with Crippen LogP contribution < -0.4 is 24.8 Å². The lowest BCUT2D eigenvalue weighted by Gasteiger charge is -2.23. The normalized spacial score (nSPS) is 15.3. The number of alkyl halides is 2. The molecule has 0 bridgehead atoms. The molecule has 3 heterocycles. The molecule has 0 saturated carbocycles. The minimum Gasteiger partial charge on any atom is -0.435 e. The number of sulfonamides is 1. The first-order valence-electron chi connectivity index (χ1n) is 12.7. The van der Waals surface area contributed by atoms with Crippen LogP contribution in [-0.4, -0.2) is 49.1 Å². The fraction of sp³-hybridized carbons (Fsp3) is 0.222. The van der Waals surface area contributed by atoms with E-state index in [1.54, 1.807) is 24.4 Å². The molecule has 220 valence electrons. The van der Waals surface area contributed by atoms with Crippen molar-refractivity contribution in [2.24, 2.45) is 0 Å². The highest BCUT2D eigenvalue weighted by Gasteiger charge is 2.23. The maximum absolute atomic E-state index is 15.1. The molecule has 4 aromatic rings. The molecule has 5 rings (SSSR count). The van der Waals surface area contributed by atoms with Gasteiger partial charge in [0.25, 0.3) is 10.0 Å². The van der Waals surface area contributed by atoms with Crippen molar-refractivity contribution in [3.05, 3.63) is 78.6 Å². The van der Waals surface area contributed by atoms with Crippen molar-refractivity contribution in [1.82, 2.24) is 20.3 Å². The summed E-state index contributed by atoms with van der Waals surface area (Å²) < 4.78 is 92.3. The van der Waals surface area contributed by atoms with E-state index in [1.165, 1.54) is 6.20 Å². The number of hydrogen-bond acceptors (Lipinski definition) is 9. The van der Waals surface area contributed by atoms with Crippen LogP contribution in [0.3, 0.4) is 0 Å². The van der Waals surface area contributed by atoms with Gasteiger partial charge in [-0.05, 0) is 61.9 Å². The van der Waals surface area contributed by atoms with Crippen LogP contribution >= 0.6 is 0 Å². The minimum absolute atomic E-state index is 0.0797. The van der Waals surface area contributed by atoms with Gasteiger partial charge in [-0.2, -0.15) is 13.2 Å². The summed E-state index contributed by atoms with van der Waals surface area (Å²) in [5.41, 5.74) is 0.0629. The first-order valence-corrected chi connectivity index (χ1v) is 14.2. The van der Waals surface area contributed by atoms with Crippen LogP contribution in [0.15, 0.2) is 71.9 Å².